The second-order valence-corrected chi connectivity index (χ2v) is 10.5. The van der Waals surface area contributed by atoms with Gasteiger partial charge in [0.25, 0.3) is 0 Å². The molecular formula is C22H36B2O5. The molecular weight excluding hydrogens is 366 g/mol. The fraction of sp³-hybridized carbons (Fsp3) is 0.727. The van der Waals surface area contributed by atoms with Gasteiger partial charge in [0.2, 0.25) is 0 Å². The molecule has 0 aromatic heterocycles. The molecule has 1 aromatic carbocycles. The van der Waals surface area contributed by atoms with E-state index in [4.69, 9.17) is 23.3 Å². The summed E-state index contributed by atoms with van der Waals surface area (Å²) in [6.07, 6.45) is 0. The van der Waals surface area contributed by atoms with Gasteiger partial charge >= 0.3 is 14.4 Å². The van der Waals surface area contributed by atoms with Crippen LogP contribution in [0.2, 0.25) is 0 Å². The summed E-state index contributed by atoms with van der Waals surface area (Å²) >= 11 is 0. The topological polar surface area (TPSA) is 46.2 Å². The Hall–Kier alpha value is -0.850. The van der Waals surface area contributed by atoms with Crippen molar-refractivity contribution in [1.82, 2.24) is 0 Å². The van der Waals surface area contributed by atoms with Crippen molar-refractivity contribution >= 4 is 14.4 Å². The SMILES string of the molecule is Cc1cc(C)c([C@@H](OB2OC(C)(C)C(C)(C)O2)B2OC(C)(C)C(C)(C)O2)c(C)c1. The van der Waals surface area contributed by atoms with Crippen molar-refractivity contribution in [3.05, 3.63) is 34.4 Å². The van der Waals surface area contributed by atoms with Gasteiger partial charge in [-0.25, -0.2) is 0 Å². The highest BCUT2D eigenvalue weighted by Crippen LogP contribution is 2.44. The first-order valence-electron chi connectivity index (χ1n) is 10.5. The van der Waals surface area contributed by atoms with Gasteiger partial charge in [-0.1, -0.05) is 17.7 Å². The minimum Gasteiger partial charge on any atom is -0.401 e. The predicted molar refractivity (Wildman–Crippen MR) is 117 cm³/mol. The van der Waals surface area contributed by atoms with Gasteiger partial charge in [-0.2, -0.15) is 0 Å². The second kappa shape index (κ2) is 7.10. The van der Waals surface area contributed by atoms with Crippen LogP contribution in [0.5, 0.6) is 0 Å². The maximum absolute atomic E-state index is 6.45. The molecule has 3 rings (SSSR count). The highest BCUT2D eigenvalue weighted by Gasteiger charge is 2.59. The number of aryl methyl sites for hydroxylation is 3. The third-order valence-corrected chi connectivity index (χ3v) is 7.03. The van der Waals surface area contributed by atoms with Crippen LogP contribution in [-0.2, 0) is 23.3 Å². The maximum Gasteiger partial charge on any atom is 0.640 e. The van der Waals surface area contributed by atoms with Crippen molar-refractivity contribution in [3.8, 4) is 0 Å². The number of benzene rings is 1. The van der Waals surface area contributed by atoms with Crippen LogP contribution in [-0.4, -0.2) is 36.8 Å². The molecule has 2 heterocycles. The van der Waals surface area contributed by atoms with Crippen LogP contribution >= 0.6 is 0 Å². The molecule has 29 heavy (non-hydrogen) atoms. The normalized spacial score (nSPS) is 25.5. The zero-order chi connectivity index (χ0) is 22.0. The van der Waals surface area contributed by atoms with Gasteiger partial charge in [0.05, 0.1) is 22.4 Å². The van der Waals surface area contributed by atoms with Crippen molar-refractivity contribution in [2.45, 2.75) is 105 Å². The third kappa shape index (κ3) is 4.05. The van der Waals surface area contributed by atoms with Crippen LogP contribution in [0.3, 0.4) is 0 Å². The van der Waals surface area contributed by atoms with Crippen molar-refractivity contribution < 1.29 is 23.3 Å². The van der Waals surface area contributed by atoms with Gasteiger partial charge in [-0.3, -0.25) is 0 Å². The van der Waals surface area contributed by atoms with Crippen molar-refractivity contribution in [2.24, 2.45) is 0 Å². The summed E-state index contributed by atoms with van der Waals surface area (Å²) in [6, 6.07) is 3.84. The van der Waals surface area contributed by atoms with E-state index in [1.54, 1.807) is 0 Å². The van der Waals surface area contributed by atoms with Crippen LogP contribution < -0.4 is 0 Å². The van der Waals surface area contributed by atoms with E-state index in [-0.39, 0.29) is 0 Å². The molecule has 0 aliphatic carbocycles. The van der Waals surface area contributed by atoms with E-state index in [2.05, 4.69) is 32.9 Å². The Balaban J connectivity index is 1.98. The first kappa shape index (κ1) is 22.8. The van der Waals surface area contributed by atoms with Crippen molar-refractivity contribution in [2.75, 3.05) is 0 Å². The monoisotopic (exact) mass is 402 g/mol. The molecule has 2 aliphatic heterocycles. The molecule has 0 N–H and O–H groups in total. The van der Waals surface area contributed by atoms with E-state index in [9.17, 15) is 0 Å². The van der Waals surface area contributed by atoms with E-state index in [0.29, 0.717) is 0 Å². The molecule has 2 aliphatic rings. The lowest BCUT2D eigenvalue weighted by Gasteiger charge is -2.32. The van der Waals surface area contributed by atoms with Crippen LogP contribution in [0.4, 0.5) is 0 Å². The minimum absolute atomic E-state index is 0.457. The summed E-state index contributed by atoms with van der Waals surface area (Å²) in [5.74, 6) is 0. The summed E-state index contributed by atoms with van der Waals surface area (Å²) in [6.45, 7) is 22.6. The van der Waals surface area contributed by atoms with Gasteiger partial charge < -0.3 is 23.3 Å². The highest BCUT2D eigenvalue weighted by atomic mass is 16.8. The van der Waals surface area contributed by atoms with Gasteiger partial charge in [0.1, 0.15) is 6.00 Å². The molecule has 0 bridgehead atoms. The fourth-order valence-corrected chi connectivity index (χ4v) is 3.88. The lowest BCUT2D eigenvalue weighted by molar-refractivity contribution is 0.00578. The molecule has 0 spiro atoms. The maximum atomic E-state index is 6.45. The molecule has 7 heteroatoms. The number of hydrogen-bond donors (Lipinski definition) is 0. The Morgan fingerprint density at radius 2 is 1.07 bits per heavy atom. The van der Waals surface area contributed by atoms with Crippen molar-refractivity contribution in [3.63, 3.8) is 0 Å². The second-order valence-electron chi connectivity index (χ2n) is 10.5. The largest absolute Gasteiger partial charge is 0.640 e. The van der Waals surface area contributed by atoms with E-state index in [1.165, 1.54) is 5.56 Å². The van der Waals surface area contributed by atoms with Crippen LogP contribution in [0, 0.1) is 20.8 Å². The zero-order valence-corrected chi connectivity index (χ0v) is 19.9. The summed E-state index contributed by atoms with van der Waals surface area (Å²) in [5.41, 5.74) is 2.68. The summed E-state index contributed by atoms with van der Waals surface area (Å²) in [7, 11) is -1.37. The Morgan fingerprint density at radius 3 is 1.48 bits per heavy atom. The molecule has 2 fully saturated rings. The zero-order valence-electron chi connectivity index (χ0n) is 19.9. The van der Waals surface area contributed by atoms with Gasteiger partial charge in [-0.15, -0.1) is 0 Å². The smallest absolute Gasteiger partial charge is 0.401 e. The molecule has 160 valence electrons. The molecule has 1 atom stereocenters. The average Bonchev–Trinajstić information content (AvgIpc) is 2.84. The summed E-state index contributed by atoms with van der Waals surface area (Å²) < 4.78 is 31.5. The molecule has 0 radical (unpaired) electrons. The first-order chi connectivity index (χ1) is 13.1. The van der Waals surface area contributed by atoms with E-state index in [1.807, 2.05) is 55.4 Å². The van der Waals surface area contributed by atoms with E-state index in [0.717, 1.165) is 16.7 Å². The Morgan fingerprint density at radius 1 is 0.690 bits per heavy atom. The molecule has 0 saturated carbocycles. The average molecular weight is 402 g/mol. The fourth-order valence-electron chi connectivity index (χ4n) is 3.88. The Bertz CT molecular complexity index is 732. The van der Waals surface area contributed by atoms with Gasteiger partial charge in [-0.05, 0) is 92.9 Å². The summed E-state index contributed by atoms with van der Waals surface area (Å²) in [4.78, 5) is 0. The predicted octanol–water partition coefficient (Wildman–Crippen LogP) is 4.89. The Labute approximate surface area is 177 Å². The third-order valence-electron chi connectivity index (χ3n) is 7.03. The molecule has 2 saturated heterocycles. The summed E-state index contributed by atoms with van der Waals surface area (Å²) in [5, 5.41) is 0. The van der Waals surface area contributed by atoms with E-state index < -0.39 is 42.8 Å². The van der Waals surface area contributed by atoms with Crippen LogP contribution in [0.25, 0.3) is 0 Å². The highest BCUT2D eigenvalue weighted by molar-refractivity contribution is 6.49. The Kier molecular flexibility index (Phi) is 5.59. The molecule has 1 aromatic rings. The number of rotatable bonds is 4. The van der Waals surface area contributed by atoms with Crippen LogP contribution in [0.15, 0.2) is 12.1 Å². The first-order valence-corrected chi connectivity index (χ1v) is 10.5. The molecule has 0 unspecified atom stereocenters. The van der Waals surface area contributed by atoms with Gasteiger partial charge in [0, 0.05) is 0 Å². The lowest BCUT2D eigenvalue weighted by atomic mass is 9.73. The van der Waals surface area contributed by atoms with E-state index >= 15 is 0 Å². The number of hydrogen-bond acceptors (Lipinski definition) is 5. The standard InChI is InChI=1S/C22H36B2O5/c1-14-12-15(2)17(16(3)13-14)18(23-26-19(4,5)20(6,7)27-23)25-24-28-21(8,9)22(10,11)29-24/h12-13,18H,1-11H3/t18-/m1/s1. The lowest BCUT2D eigenvalue weighted by Crippen LogP contribution is -2.41. The quantitative estimate of drug-likeness (QED) is 0.672. The van der Waals surface area contributed by atoms with Gasteiger partial charge in [0.15, 0.2) is 0 Å². The minimum atomic E-state index is -0.802. The molecule has 5 nitrogen and oxygen atoms in total. The van der Waals surface area contributed by atoms with Crippen molar-refractivity contribution in [1.29, 1.82) is 0 Å². The molecule has 0 amide bonds. The van der Waals surface area contributed by atoms with Crippen LogP contribution in [0.1, 0.15) is 83.6 Å².